The Kier molecular flexibility index (Phi) is 4.41. The number of nitrogens with one attached hydrogen (secondary N) is 1. The second-order valence-electron chi connectivity index (χ2n) is 8.28. The third-order valence-electron chi connectivity index (χ3n) is 5.51. The lowest BCUT2D eigenvalue weighted by Crippen LogP contribution is -2.36. The number of hydrogen-bond acceptors (Lipinski definition) is 6. The summed E-state index contributed by atoms with van der Waals surface area (Å²) in [4.78, 5) is 23.1. The predicted octanol–water partition coefficient (Wildman–Crippen LogP) is 1.57. The van der Waals surface area contributed by atoms with Crippen molar-refractivity contribution in [2.75, 3.05) is 25.0 Å². The molecule has 0 radical (unpaired) electrons. The Hall–Kier alpha value is -1.70. The number of carbonyl (C=O) groups is 1. The summed E-state index contributed by atoms with van der Waals surface area (Å²) in [5.41, 5.74) is 1.49. The van der Waals surface area contributed by atoms with Crippen LogP contribution in [0.5, 0.6) is 0 Å². The Bertz CT molecular complexity index is 820. The first-order valence-electron chi connectivity index (χ1n) is 9.42. The number of anilines is 1. The van der Waals surface area contributed by atoms with Crippen molar-refractivity contribution >= 4 is 21.7 Å². The van der Waals surface area contributed by atoms with Gasteiger partial charge in [-0.15, -0.1) is 0 Å². The molecule has 2 fully saturated rings. The highest BCUT2D eigenvalue weighted by Crippen LogP contribution is 2.39. The highest BCUT2D eigenvalue weighted by molar-refractivity contribution is 7.91. The van der Waals surface area contributed by atoms with E-state index in [1.807, 2.05) is 13.8 Å². The molecule has 142 valence electrons. The molecule has 0 spiro atoms. The van der Waals surface area contributed by atoms with Crippen molar-refractivity contribution in [3.8, 4) is 0 Å². The quantitative estimate of drug-likeness (QED) is 0.836. The standard InChI is InChI=1S/C18H26N4O3S/c1-11(2)5-16(23)22-8-14-15(9-22)26(24,25)10-13-7-20-18(21-17(13)14)19-6-12-3-4-12/h7,11-12,14-15H,3-6,8-10H2,1-2H3,(H,19,20,21)/t14-,15+/m0/s1. The average molecular weight is 378 g/mol. The molecule has 8 heteroatoms. The number of aromatic nitrogens is 2. The number of carbonyl (C=O) groups excluding carboxylic acids is 1. The average Bonchev–Trinajstić information content (AvgIpc) is 3.27. The summed E-state index contributed by atoms with van der Waals surface area (Å²) in [5, 5.41) is 2.72. The molecule has 4 rings (SSSR count). The number of sulfone groups is 1. The Morgan fingerprint density at radius 2 is 2.12 bits per heavy atom. The van der Waals surface area contributed by atoms with E-state index in [0.717, 1.165) is 12.2 Å². The highest BCUT2D eigenvalue weighted by Gasteiger charge is 2.48. The first-order chi connectivity index (χ1) is 12.3. The molecule has 1 aromatic rings. The summed E-state index contributed by atoms with van der Waals surface area (Å²) in [5.74, 6) is 1.30. The molecule has 1 amide bonds. The lowest BCUT2D eigenvalue weighted by Gasteiger charge is -2.26. The Labute approximate surface area is 154 Å². The first kappa shape index (κ1) is 17.7. The molecular formula is C18H26N4O3S. The molecule has 0 unspecified atom stereocenters. The van der Waals surface area contributed by atoms with E-state index in [9.17, 15) is 13.2 Å². The van der Waals surface area contributed by atoms with Gasteiger partial charge in [0.15, 0.2) is 9.84 Å². The van der Waals surface area contributed by atoms with E-state index in [4.69, 9.17) is 0 Å². The molecule has 1 saturated carbocycles. The smallest absolute Gasteiger partial charge is 0.222 e. The van der Waals surface area contributed by atoms with E-state index < -0.39 is 15.1 Å². The van der Waals surface area contributed by atoms with Crippen LogP contribution in [-0.4, -0.2) is 54.1 Å². The van der Waals surface area contributed by atoms with Crippen molar-refractivity contribution < 1.29 is 13.2 Å². The Balaban J connectivity index is 1.59. The molecule has 1 N–H and O–H groups in total. The molecule has 1 aliphatic carbocycles. The van der Waals surface area contributed by atoms with Crippen LogP contribution in [0.1, 0.15) is 50.3 Å². The van der Waals surface area contributed by atoms with Crippen LogP contribution in [-0.2, 0) is 20.4 Å². The maximum absolute atomic E-state index is 12.7. The zero-order valence-electron chi connectivity index (χ0n) is 15.3. The first-order valence-corrected chi connectivity index (χ1v) is 11.1. The minimum absolute atomic E-state index is 0.0292. The van der Waals surface area contributed by atoms with Crippen molar-refractivity contribution in [1.82, 2.24) is 14.9 Å². The van der Waals surface area contributed by atoms with E-state index in [1.54, 1.807) is 11.1 Å². The third kappa shape index (κ3) is 3.43. The Morgan fingerprint density at radius 3 is 2.81 bits per heavy atom. The molecule has 2 aliphatic heterocycles. The van der Waals surface area contributed by atoms with Gasteiger partial charge in [0.1, 0.15) is 0 Å². The van der Waals surface area contributed by atoms with Crippen molar-refractivity contribution in [2.24, 2.45) is 11.8 Å². The summed E-state index contributed by atoms with van der Waals surface area (Å²) in [6.07, 6.45) is 4.58. The monoisotopic (exact) mass is 378 g/mol. The summed E-state index contributed by atoms with van der Waals surface area (Å²) in [6.45, 7) is 5.58. The maximum atomic E-state index is 12.7. The second kappa shape index (κ2) is 6.48. The topological polar surface area (TPSA) is 92.3 Å². The van der Waals surface area contributed by atoms with Gasteiger partial charge in [-0.3, -0.25) is 4.79 Å². The van der Waals surface area contributed by atoms with Crippen LogP contribution in [0.2, 0.25) is 0 Å². The van der Waals surface area contributed by atoms with Crippen LogP contribution >= 0.6 is 0 Å². The van der Waals surface area contributed by atoms with Crippen molar-refractivity contribution in [2.45, 2.75) is 50.0 Å². The van der Waals surface area contributed by atoms with Crippen LogP contribution in [0.25, 0.3) is 0 Å². The van der Waals surface area contributed by atoms with Gasteiger partial charge in [0.2, 0.25) is 11.9 Å². The molecule has 1 aromatic heterocycles. The van der Waals surface area contributed by atoms with Gasteiger partial charge in [-0.25, -0.2) is 18.4 Å². The zero-order valence-corrected chi connectivity index (χ0v) is 16.1. The lowest BCUT2D eigenvalue weighted by molar-refractivity contribution is -0.130. The fraction of sp³-hybridized carbons (Fsp3) is 0.722. The van der Waals surface area contributed by atoms with Crippen LogP contribution in [0.15, 0.2) is 6.20 Å². The summed E-state index contributed by atoms with van der Waals surface area (Å²) >= 11 is 0. The summed E-state index contributed by atoms with van der Waals surface area (Å²) in [6, 6.07) is 0. The van der Waals surface area contributed by atoms with Crippen LogP contribution in [0.4, 0.5) is 5.95 Å². The number of amides is 1. The van der Waals surface area contributed by atoms with Gasteiger partial charge >= 0.3 is 0 Å². The molecule has 1 saturated heterocycles. The molecule has 0 bridgehead atoms. The molecule has 0 aromatic carbocycles. The summed E-state index contributed by atoms with van der Waals surface area (Å²) in [7, 11) is -3.29. The van der Waals surface area contributed by atoms with Gasteiger partial charge in [-0.1, -0.05) is 13.8 Å². The predicted molar refractivity (Wildman–Crippen MR) is 98.4 cm³/mol. The largest absolute Gasteiger partial charge is 0.354 e. The number of hydrogen-bond donors (Lipinski definition) is 1. The van der Waals surface area contributed by atoms with Gasteiger partial charge in [0, 0.05) is 43.7 Å². The molecule has 3 heterocycles. The lowest BCUT2D eigenvalue weighted by atomic mass is 10.00. The van der Waals surface area contributed by atoms with Crippen molar-refractivity contribution in [3.05, 3.63) is 17.5 Å². The molecular weight excluding hydrogens is 352 g/mol. The second-order valence-corrected chi connectivity index (χ2v) is 10.5. The summed E-state index contributed by atoms with van der Waals surface area (Å²) < 4.78 is 25.4. The normalized spacial score (nSPS) is 26.5. The van der Waals surface area contributed by atoms with E-state index in [-0.39, 0.29) is 30.0 Å². The molecule has 7 nitrogen and oxygen atoms in total. The van der Waals surface area contributed by atoms with E-state index >= 15 is 0 Å². The van der Waals surface area contributed by atoms with Gasteiger partial charge in [-0.05, 0) is 24.7 Å². The minimum atomic E-state index is -3.29. The number of nitrogens with zero attached hydrogens (tertiary/aromatic N) is 3. The molecule has 26 heavy (non-hydrogen) atoms. The van der Waals surface area contributed by atoms with Crippen LogP contribution in [0, 0.1) is 11.8 Å². The van der Waals surface area contributed by atoms with E-state index in [2.05, 4.69) is 15.3 Å². The van der Waals surface area contributed by atoms with Gasteiger partial charge in [0.25, 0.3) is 0 Å². The highest BCUT2D eigenvalue weighted by atomic mass is 32.2. The van der Waals surface area contributed by atoms with Crippen molar-refractivity contribution in [3.63, 3.8) is 0 Å². The fourth-order valence-corrected chi connectivity index (χ4v) is 5.89. The molecule has 2 atom stereocenters. The third-order valence-corrected chi connectivity index (χ3v) is 7.63. The minimum Gasteiger partial charge on any atom is -0.354 e. The molecule has 3 aliphatic rings. The SMILES string of the molecule is CC(C)CC(=O)N1C[C@@H]2c3nc(NCC4CC4)ncc3CS(=O)(=O)[C@@H]2C1. The van der Waals surface area contributed by atoms with Crippen LogP contribution < -0.4 is 5.32 Å². The van der Waals surface area contributed by atoms with Gasteiger partial charge in [0.05, 0.1) is 16.7 Å². The Morgan fingerprint density at radius 1 is 1.35 bits per heavy atom. The van der Waals surface area contributed by atoms with Gasteiger partial charge < -0.3 is 10.2 Å². The number of rotatable bonds is 5. The van der Waals surface area contributed by atoms with E-state index in [0.29, 0.717) is 30.4 Å². The van der Waals surface area contributed by atoms with Crippen LogP contribution in [0.3, 0.4) is 0 Å². The fourth-order valence-electron chi connectivity index (χ4n) is 3.90. The number of fused-ring (bicyclic) bond motifs is 3. The van der Waals surface area contributed by atoms with Gasteiger partial charge in [-0.2, -0.15) is 0 Å². The van der Waals surface area contributed by atoms with E-state index in [1.165, 1.54) is 12.8 Å². The zero-order chi connectivity index (χ0) is 18.5. The maximum Gasteiger partial charge on any atom is 0.222 e. The van der Waals surface area contributed by atoms with Crippen molar-refractivity contribution in [1.29, 1.82) is 0 Å². The number of likely N-dealkylation sites (tertiary alicyclic amines) is 1.